The molecule has 0 aromatic carbocycles. The summed E-state index contributed by atoms with van der Waals surface area (Å²) in [6.45, 7) is 4.80. The Bertz CT molecular complexity index is 736. The molecule has 216 valence electrons. The number of hydrogen-bond acceptors (Lipinski definition) is 1. The highest BCUT2D eigenvalue weighted by molar-refractivity contribution is 14.1. The molecule has 1 nitrogen and oxygen atoms in total. The van der Waals surface area contributed by atoms with Crippen molar-refractivity contribution >= 4 is 51.0 Å². The molecule has 0 heterocycles. The molecule has 0 bridgehead atoms. The Labute approximate surface area is 262 Å². The van der Waals surface area contributed by atoms with Crippen LogP contribution in [0.5, 0.6) is 0 Å². The molecule has 0 amide bonds. The summed E-state index contributed by atoms with van der Waals surface area (Å²) >= 11 is 4.73. The predicted molar refractivity (Wildman–Crippen MR) is 181 cm³/mol. The summed E-state index contributed by atoms with van der Waals surface area (Å²) < 4.78 is 4.31. The minimum Gasteiger partial charge on any atom is -0.289 e. The van der Waals surface area contributed by atoms with E-state index in [2.05, 4.69) is 67.2 Å². The van der Waals surface area contributed by atoms with Gasteiger partial charge in [0, 0.05) is 11.1 Å². The third-order valence-electron chi connectivity index (χ3n) is 11.9. The number of carbonyl (C=O) groups excluding carboxylic acids is 1. The van der Waals surface area contributed by atoms with Gasteiger partial charge in [-0.3, -0.25) is 4.79 Å². The Morgan fingerprint density at radius 1 is 0.658 bits per heavy atom. The number of ketones is 1. The number of hydrogen-bond donors (Lipinski definition) is 0. The Balaban J connectivity index is 1.24. The standard InChI is InChI=1S/C35H56I2O/c1-3-34(19-11-17-27-13-7-5-8-14-27)21-29(22-34)31(25-36)33(38)32(26-37)30-23-35(4-2,24-30)20-12-18-28-15-9-6-10-16-28/h25-30H,3-24H2,1-2H3. The smallest absolute Gasteiger partial charge is 0.186 e. The van der Waals surface area contributed by atoms with E-state index >= 15 is 0 Å². The van der Waals surface area contributed by atoms with E-state index in [9.17, 15) is 4.79 Å². The van der Waals surface area contributed by atoms with Gasteiger partial charge in [0.2, 0.25) is 0 Å². The molecule has 0 N–H and O–H groups in total. The Morgan fingerprint density at radius 3 is 1.34 bits per heavy atom. The summed E-state index contributed by atoms with van der Waals surface area (Å²) in [7, 11) is 0. The van der Waals surface area contributed by atoms with Crippen LogP contribution in [-0.4, -0.2) is 5.78 Å². The van der Waals surface area contributed by atoms with Crippen LogP contribution in [0.25, 0.3) is 0 Å². The molecule has 0 saturated heterocycles. The van der Waals surface area contributed by atoms with E-state index in [1.165, 1.54) is 141 Å². The number of allylic oxidation sites excluding steroid dienone is 2. The molecule has 4 aliphatic rings. The van der Waals surface area contributed by atoms with Crippen LogP contribution in [-0.2, 0) is 4.79 Å². The van der Waals surface area contributed by atoms with Crippen LogP contribution < -0.4 is 0 Å². The van der Waals surface area contributed by atoms with Gasteiger partial charge in [-0.25, -0.2) is 0 Å². The lowest BCUT2D eigenvalue weighted by Gasteiger charge is -2.50. The molecule has 38 heavy (non-hydrogen) atoms. The highest BCUT2D eigenvalue weighted by Crippen LogP contribution is 2.58. The molecular formula is C35H56I2O. The van der Waals surface area contributed by atoms with Gasteiger partial charge in [-0.05, 0) is 81.2 Å². The van der Waals surface area contributed by atoms with Gasteiger partial charge in [0.25, 0.3) is 0 Å². The van der Waals surface area contributed by atoms with E-state index in [1.807, 2.05) is 0 Å². The molecule has 4 fully saturated rings. The quantitative estimate of drug-likeness (QED) is 0.128. The van der Waals surface area contributed by atoms with Gasteiger partial charge in [-0.2, -0.15) is 0 Å². The molecule has 0 aromatic rings. The van der Waals surface area contributed by atoms with Gasteiger partial charge >= 0.3 is 0 Å². The van der Waals surface area contributed by atoms with Gasteiger partial charge < -0.3 is 0 Å². The van der Waals surface area contributed by atoms with Crippen molar-refractivity contribution in [2.75, 3.05) is 0 Å². The van der Waals surface area contributed by atoms with E-state index in [0.29, 0.717) is 28.4 Å². The third kappa shape index (κ3) is 7.91. The monoisotopic (exact) mass is 746 g/mol. The summed E-state index contributed by atoms with van der Waals surface area (Å²) in [4.78, 5) is 13.9. The van der Waals surface area contributed by atoms with Gasteiger partial charge in [-0.15, -0.1) is 0 Å². The molecule has 0 spiro atoms. The predicted octanol–water partition coefficient (Wildman–Crippen LogP) is 12.3. The van der Waals surface area contributed by atoms with Crippen LogP contribution in [0.2, 0.25) is 0 Å². The van der Waals surface area contributed by atoms with Crippen LogP contribution in [0.3, 0.4) is 0 Å². The first-order chi connectivity index (χ1) is 18.5. The van der Waals surface area contributed by atoms with Crippen LogP contribution >= 0.6 is 45.2 Å². The Morgan fingerprint density at radius 2 is 1.03 bits per heavy atom. The first-order valence-electron chi connectivity index (χ1n) is 16.6. The van der Waals surface area contributed by atoms with E-state index in [4.69, 9.17) is 0 Å². The van der Waals surface area contributed by atoms with Crippen molar-refractivity contribution in [3.05, 3.63) is 19.3 Å². The van der Waals surface area contributed by atoms with Crippen LogP contribution in [0.15, 0.2) is 19.3 Å². The third-order valence-corrected chi connectivity index (χ3v) is 13.3. The van der Waals surface area contributed by atoms with Crippen molar-refractivity contribution in [1.29, 1.82) is 0 Å². The maximum Gasteiger partial charge on any atom is 0.186 e. The van der Waals surface area contributed by atoms with Crippen molar-refractivity contribution in [3.63, 3.8) is 0 Å². The molecule has 4 aliphatic carbocycles. The summed E-state index contributed by atoms with van der Waals surface area (Å²) in [5.74, 6) is 3.38. The van der Waals surface area contributed by atoms with Gasteiger partial charge in [-0.1, -0.05) is 162 Å². The minimum absolute atomic E-state index is 0.391. The number of halogens is 2. The van der Waals surface area contributed by atoms with Crippen molar-refractivity contribution in [2.45, 2.75) is 155 Å². The molecule has 4 rings (SSSR count). The maximum atomic E-state index is 13.9. The maximum absolute atomic E-state index is 13.9. The van der Waals surface area contributed by atoms with Crippen molar-refractivity contribution < 1.29 is 4.79 Å². The highest BCUT2D eigenvalue weighted by atomic mass is 127. The second-order valence-corrected chi connectivity index (χ2v) is 15.4. The molecule has 0 aromatic heterocycles. The molecule has 0 unspecified atom stereocenters. The zero-order chi connectivity index (χ0) is 27.0. The van der Waals surface area contributed by atoms with Gasteiger partial charge in [0.05, 0.1) is 0 Å². The average Bonchev–Trinajstić information content (AvgIpc) is 2.91. The van der Waals surface area contributed by atoms with Crippen molar-refractivity contribution in [1.82, 2.24) is 0 Å². The fourth-order valence-electron chi connectivity index (χ4n) is 9.05. The Kier molecular flexibility index (Phi) is 12.6. The molecule has 0 aliphatic heterocycles. The molecule has 0 radical (unpaired) electrons. The Hall–Kier alpha value is 0.610. The zero-order valence-corrected chi connectivity index (χ0v) is 29.0. The minimum atomic E-state index is 0.391. The summed E-state index contributed by atoms with van der Waals surface area (Å²) in [5.41, 5.74) is 3.28. The van der Waals surface area contributed by atoms with E-state index in [1.54, 1.807) is 0 Å². The second-order valence-electron chi connectivity index (χ2n) is 14.2. The fraction of sp³-hybridized carbons (Fsp3) is 0.857. The number of rotatable bonds is 14. The number of Topliss-reactive ketones (excluding diaryl/α,β-unsaturated/α-hetero) is 1. The summed E-state index contributed by atoms with van der Waals surface area (Å²) in [6, 6.07) is 0. The van der Waals surface area contributed by atoms with E-state index in [-0.39, 0.29) is 0 Å². The largest absolute Gasteiger partial charge is 0.289 e. The first-order valence-corrected chi connectivity index (χ1v) is 19.1. The van der Waals surface area contributed by atoms with E-state index < -0.39 is 0 Å². The van der Waals surface area contributed by atoms with Crippen LogP contribution in [0, 0.1) is 34.5 Å². The summed E-state index contributed by atoms with van der Waals surface area (Å²) in [6.07, 6.45) is 30.7. The zero-order valence-electron chi connectivity index (χ0n) is 24.7. The van der Waals surface area contributed by atoms with Crippen molar-refractivity contribution in [2.24, 2.45) is 34.5 Å². The van der Waals surface area contributed by atoms with E-state index in [0.717, 1.165) is 23.0 Å². The number of carbonyl (C=O) groups is 1. The van der Waals surface area contributed by atoms with Crippen LogP contribution in [0.1, 0.15) is 155 Å². The highest BCUT2D eigenvalue weighted by Gasteiger charge is 2.48. The van der Waals surface area contributed by atoms with Gasteiger partial charge in [0.15, 0.2) is 5.78 Å². The SMILES string of the molecule is CCC1(CCCC2CCCCC2)CC(C(=CI)C(=O)C(=CI)C2CC(CC)(CCCC3CCCCC3)C2)C1. The molecule has 0 atom stereocenters. The molecular weight excluding hydrogens is 690 g/mol. The first kappa shape index (κ1) is 31.5. The normalized spacial score (nSPS) is 33.6. The van der Waals surface area contributed by atoms with Gasteiger partial charge in [0.1, 0.15) is 0 Å². The molecule has 3 heteroatoms. The topological polar surface area (TPSA) is 17.1 Å². The van der Waals surface area contributed by atoms with Crippen LogP contribution in [0.4, 0.5) is 0 Å². The average molecular weight is 747 g/mol. The lowest BCUT2D eigenvalue weighted by atomic mass is 9.54. The summed E-state index contributed by atoms with van der Waals surface area (Å²) in [5, 5.41) is 0. The van der Waals surface area contributed by atoms with Crippen molar-refractivity contribution in [3.8, 4) is 0 Å². The fourth-order valence-corrected chi connectivity index (χ4v) is 10.6. The second kappa shape index (κ2) is 15.2. The lowest BCUT2D eigenvalue weighted by Crippen LogP contribution is -2.42. The molecule has 4 saturated carbocycles. The lowest BCUT2D eigenvalue weighted by molar-refractivity contribution is -0.115.